The monoisotopic (exact) mass is 298 g/mol. The van der Waals surface area contributed by atoms with Crippen LogP contribution >= 0.6 is 10.7 Å². The Labute approximate surface area is 115 Å². The van der Waals surface area contributed by atoms with E-state index in [1.165, 1.54) is 4.90 Å². The maximum absolute atomic E-state index is 11.8. The summed E-state index contributed by atoms with van der Waals surface area (Å²) in [4.78, 5) is 13.2. The number of amides is 1. The Kier molecular flexibility index (Phi) is 3.52. The molecule has 7 heteroatoms. The van der Waals surface area contributed by atoms with Crippen LogP contribution in [0.1, 0.15) is 17.5 Å². The van der Waals surface area contributed by atoms with Gasteiger partial charge in [-0.1, -0.05) is 0 Å². The maximum Gasteiger partial charge on any atom is 0.237 e. The highest BCUT2D eigenvalue weighted by Gasteiger charge is 2.38. The number of nitriles is 1. The van der Waals surface area contributed by atoms with E-state index in [9.17, 15) is 13.2 Å². The Morgan fingerprint density at radius 1 is 1.47 bits per heavy atom. The Balaban J connectivity index is 2.31. The van der Waals surface area contributed by atoms with Crippen LogP contribution in [0.4, 0.5) is 5.69 Å². The minimum atomic E-state index is -3.74. The number of aryl methyl sites for hydroxylation is 1. The molecule has 5 nitrogen and oxygen atoms in total. The summed E-state index contributed by atoms with van der Waals surface area (Å²) in [5, 5.41) is 7.97. The molecule has 0 N–H and O–H groups in total. The summed E-state index contributed by atoms with van der Waals surface area (Å²) >= 11 is 0. The zero-order valence-corrected chi connectivity index (χ0v) is 11.7. The number of carbonyl (C=O) groups excluding carboxylic acids is 1. The van der Waals surface area contributed by atoms with Crippen molar-refractivity contribution in [1.82, 2.24) is 0 Å². The van der Waals surface area contributed by atoms with E-state index in [1.807, 2.05) is 6.07 Å². The molecule has 1 aliphatic heterocycles. The van der Waals surface area contributed by atoms with Crippen LogP contribution in [0.25, 0.3) is 0 Å². The molecule has 1 aromatic rings. The number of hydrogen-bond acceptors (Lipinski definition) is 4. The van der Waals surface area contributed by atoms with Crippen LogP contribution in [0.2, 0.25) is 0 Å². The van der Waals surface area contributed by atoms with Crippen LogP contribution in [-0.4, -0.2) is 26.1 Å². The normalized spacial score (nSPS) is 19.5. The van der Waals surface area contributed by atoms with Crippen LogP contribution in [-0.2, 0) is 13.8 Å². The highest BCUT2D eigenvalue weighted by Crippen LogP contribution is 2.27. The molecule has 100 valence electrons. The number of rotatable bonds is 2. The van der Waals surface area contributed by atoms with Gasteiger partial charge in [-0.2, -0.15) is 5.26 Å². The fourth-order valence-electron chi connectivity index (χ4n) is 2.05. The second-order valence-corrected chi connectivity index (χ2v) is 7.33. The third-order valence-corrected chi connectivity index (χ3v) is 5.00. The molecule has 0 aromatic heterocycles. The van der Waals surface area contributed by atoms with Crippen molar-refractivity contribution in [2.75, 3.05) is 11.4 Å². The summed E-state index contributed by atoms with van der Waals surface area (Å²) in [5.74, 6) is -0.279. The molecule has 1 aromatic carbocycles. The first kappa shape index (κ1) is 13.8. The summed E-state index contributed by atoms with van der Waals surface area (Å²) in [6.45, 7) is 1.81. The molecule has 1 amide bonds. The molecule has 0 radical (unpaired) electrons. The van der Waals surface area contributed by atoms with Crippen molar-refractivity contribution >= 4 is 31.3 Å². The minimum absolute atomic E-state index is 0.0516. The third-order valence-electron chi connectivity index (χ3n) is 3.13. The van der Waals surface area contributed by atoms with Crippen molar-refractivity contribution < 1.29 is 13.2 Å². The van der Waals surface area contributed by atoms with Crippen molar-refractivity contribution in [2.45, 2.75) is 18.6 Å². The van der Waals surface area contributed by atoms with Gasteiger partial charge in [-0.15, -0.1) is 0 Å². The minimum Gasteiger partial charge on any atom is -0.311 e. The van der Waals surface area contributed by atoms with Crippen molar-refractivity contribution in [2.24, 2.45) is 0 Å². The molecule has 0 spiro atoms. The second kappa shape index (κ2) is 4.83. The van der Waals surface area contributed by atoms with E-state index >= 15 is 0 Å². The fraction of sp³-hybridized carbons (Fsp3) is 0.333. The summed E-state index contributed by atoms with van der Waals surface area (Å²) < 4.78 is 22.5. The van der Waals surface area contributed by atoms with Gasteiger partial charge in [-0.3, -0.25) is 4.79 Å². The van der Waals surface area contributed by atoms with Gasteiger partial charge < -0.3 is 4.90 Å². The van der Waals surface area contributed by atoms with Gasteiger partial charge in [0, 0.05) is 29.3 Å². The first-order valence-electron chi connectivity index (χ1n) is 5.57. The smallest absolute Gasteiger partial charge is 0.237 e. The van der Waals surface area contributed by atoms with E-state index in [1.54, 1.807) is 25.1 Å². The average molecular weight is 299 g/mol. The van der Waals surface area contributed by atoms with Crippen LogP contribution in [0.5, 0.6) is 0 Å². The van der Waals surface area contributed by atoms with Gasteiger partial charge >= 0.3 is 0 Å². The lowest BCUT2D eigenvalue weighted by atomic mass is 10.1. The molecule has 1 saturated heterocycles. The highest BCUT2D eigenvalue weighted by molar-refractivity contribution is 8.14. The molecular weight excluding hydrogens is 288 g/mol. The zero-order valence-electron chi connectivity index (χ0n) is 10.1. The van der Waals surface area contributed by atoms with Crippen LogP contribution in [0, 0.1) is 18.3 Å². The Bertz CT molecular complexity index is 679. The second-order valence-electron chi connectivity index (χ2n) is 4.42. The van der Waals surface area contributed by atoms with E-state index in [0.717, 1.165) is 5.56 Å². The molecule has 2 rings (SSSR count). The van der Waals surface area contributed by atoms with Crippen molar-refractivity contribution in [1.29, 1.82) is 5.26 Å². The lowest BCUT2D eigenvalue weighted by Crippen LogP contribution is -2.26. The molecule has 19 heavy (non-hydrogen) atoms. The molecule has 1 unspecified atom stereocenters. The molecular formula is C12H11ClN2O3S. The molecule has 1 fully saturated rings. The Morgan fingerprint density at radius 3 is 2.63 bits per heavy atom. The van der Waals surface area contributed by atoms with Gasteiger partial charge in [-0.05, 0) is 30.7 Å². The first-order valence-corrected chi connectivity index (χ1v) is 7.95. The van der Waals surface area contributed by atoms with Crippen molar-refractivity contribution in [3.63, 3.8) is 0 Å². The number of carbonyl (C=O) groups is 1. The van der Waals surface area contributed by atoms with Gasteiger partial charge in [0.15, 0.2) is 0 Å². The van der Waals surface area contributed by atoms with Gasteiger partial charge in [-0.25, -0.2) is 8.42 Å². The van der Waals surface area contributed by atoms with E-state index in [4.69, 9.17) is 15.9 Å². The molecule has 0 saturated carbocycles. The standard InChI is InChI=1S/C12H11ClN2O3S/c1-8-4-10(3-2-9(8)6-14)15-7-11(5-12(15)16)19(13,17)18/h2-4,11H,5,7H2,1H3. The number of benzene rings is 1. The van der Waals surface area contributed by atoms with E-state index in [0.29, 0.717) is 11.3 Å². The van der Waals surface area contributed by atoms with Crippen molar-refractivity contribution in [3.05, 3.63) is 29.3 Å². The summed E-state index contributed by atoms with van der Waals surface area (Å²) in [6.07, 6.45) is -0.106. The fourth-order valence-corrected chi connectivity index (χ4v) is 3.08. The number of halogens is 1. The van der Waals surface area contributed by atoms with E-state index < -0.39 is 14.3 Å². The van der Waals surface area contributed by atoms with Gasteiger partial charge in [0.05, 0.1) is 11.6 Å². The summed E-state index contributed by atoms with van der Waals surface area (Å²) in [6, 6.07) is 6.97. The third kappa shape index (κ3) is 2.72. The predicted octanol–water partition coefficient (Wildman–Crippen LogP) is 1.54. The van der Waals surface area contributed by atoms with Crippen LogP contribution < -0.4 is 4.90 Å². The lowest BCUT2D eigenvalue weighted by molar-refractivity contribution is -0.117. The van der Waals surface area contributed by atoms with Gasteiger partial charge in [0.2, 0.25) is 15.0 Å². The zero-order chi connectivity index (χ0) is 14.2. The maximum atomic E-state index is 11.8. The quantitative estimate of drug-likeness (QED) is 0.776. The summed E-state index contributed by atoms with van der Waals surface area (Å²) in [5.41, 5.74) is 1.85. The van der Waals surface area contributed by atoms with Crippen molar-refractivity contribution in [3.8, 4) is 6.07 Å². The molecule has 0 bridgehead atoms. The largest absolute Gasteiger partial charge is 0.311 e. The molecule has 1 atom stereocenters. The molecule has 1 aliphatic rings. The molecule has 1 heterocycles. The Morgan fingerprint density at radius 2 is 2.16 bits per heavy atom. The number of nitrogens with zero attached hydrogens (tertiary/aromatic N) is 2. The average Bonchev–Trinajstić information content (AvgIpc) is 2.71. The van der Waals surface area contributed by atoms with Crippen LogP contribution in [0.15, 0.2) is 18.2 Å². The lowest BCUT2D eigenvalue weighted by Gasteiger charge is -2.17. The highest BCUT2D eigenvalue weighted by atomic mass is 35.7. The first-order chi connectivity index (χ1) is 8.82. The topological polar surface area (TPSA) is 78.2 Å². The van der Waals surface area contributed by atoms with E-state index in [-0.39, 0.29) is 18.9 Å². The SMILES string of the molecule is Cc1cc(N2CC(S(=O)(=O)Cl)CC2=O)ccc1C#N. The molecule has 0 aliphatic carbocycles. The van der Waals surface area contributed by atoms with Crippen LogP contribution in [0.3, 0.4) is 0 Å². The summed E-state index contributed by atoms with van der Waals surface area (Å²) in [7, 11) is 1.54. The predicted molar refractivity (Wildman–Crippen MR) is 71.4 cm³/mol. The van der Waals surface area contributed by atoms with E-state index in [2.05, 4.69) is 0 Å². The number of hydrogen-bond donors (Lipinski definition) is 0. The van der Waals surface area contributed by atoms with Gasteiger partial charge in [0.25, 0.3) is 0 Å². The van der Waals surface area contributed by atoms with Gasteiger partial charge in [0.1, 0.15) is 5.25 Å². The number of anilines is 1. The Hall–Kier alpha value is -1.58.